The Morgan fingerprint density at radius 2 is 1.66 bits per heavy atom. The van der Waals surface area contributed by atoms with Gasteiger partial charge in [-0.1, -0.05) is 18.2 Å². The molecule has 0 spiro atoms. The number of amides is 2. The monoisotopic (exact) mass is 431 g/mol. The van der Waals surface area contributed by atoms with Crippen molar-refractivity contribution in [2.75, 3.05) is 26.2 Å². The molecule has 2 aromatic carbocycles. The van der Waals surface area contributed by atoms with Gasteiger partial charge in [0.15, 0.2) is 5.58 Å². The van der Waals surface area contributed by atoms with Crippen molar-refractivity contribution in [2.45, 2.75) is 38.5 Å². The summed E-state index contributed by atoms with van der Waals surface area (Å²) in [7, 11) is 0. The fourth-order valence-corrected chi connectivity index (χ4v) is 4.81. The summed E-state index contributed by atoms with van der Waals surface area (Å²) in [5, 5.41) is 0. The van der Waals surface area contributed by atoms with Crippen LogP contribution in [0.2, 0.25) is 0 Å². The molecule has 32 heavy (non-hydrogen) atoms. The van der Waals surface area contributed by atoms with Gasteiger partial charge in [0.05, 0.1) is 0 Å². The summed E-state index contributed by atoms with van der Waals surface area (Å²) in [6.07, 6.45) is 5.88. The van der Waals surface area contributed by atoms with Crippen LogP contribution in [0, 0.1) is 5.92 Å². The van der Waals surface area contributed by atoms with Gasteiger partial charge in [-0.25, -0.2) is 4.98 Å². The minimum atomic E-state index is 0.0250. The number of aromatic nitrogens is 1. The van der Waals surface area contributed by atoms with Crippen molar-refractivity contribution < 1.29 is 14.0 Å². The van der Waals surface area contributed by atoms with Crippen molar-refractivity contribution >= 4 is 22.9 Å². The minimum Gasteiger partial charge on any atom is -0.436 e. The number of nitrogens with zero attached hydrogens (tertiary/aromatic N) is 3. The van der Waals surface area contributed by atoms with E-state index in [1.807, 2.05) is 58.3 Å². The number of fused-ring (bicyclic) bond motifs is 1. The molecule has 2 aliphatic rings. The van der Waals surface area contributed by atoms with Gasteiger partial charge in [-0.3, -0.25) is 9.59 Å². The van der Waals surface area contributed by atoms with E-state index < -0.39 is 0 Å². The van der Waals surface area contributed by atoms with Crippen LogP contribution in [-0.4, -0.2) is 52.8 Å². The molecule has 0 radical (unpaired) electrons. The smallest absolute Gasteiger partial charge is 0.253 e. The number of hydrogen-bond acceptors (Lipinski definition) is 4. The van der Waals surface area contributed by atoms with Gasteiger partial charge >= 0.3 is 0 Å². The molecule has 2 aliphatic heterocycles. The lowest BCUT2D eigenvalue weighted by Crippen LogP contribution is -2.41. The quantitative estimate of drug-likeness (QED) is 0.598. The molecule has 0 unspecified atom stereocenters. The number of benzene rings is 2. The molecule has 6 nitrogen and oxygen atoms in total. The molecule has 166 valence electrons. The highest BCUT2D eigenvalue weighted by molar-refractivity contribution is 5.97. The maximum Gasteiger partial charge on any atom is 0.253 e. The van der Waals surface area contributed by atoms with Gasteiger partial charge in [0, 0.05) is 43.7 Å². The van der Waals surface area contributed by atoms with Crippen LogP contribution >= 0.6 is 0 Å². The third kappa shape index (κ3) is 4.40. The van der Waals surface area contributed by atoms with Crippen LogP contribution < -0.4 is 0 Å². The van der Waals surface area contributed by atoms with Gasteiger partial charge in [-0.2, -0.15) is 0 Å². The highest BCUT2D eigenvalue weighted by Gasteiger charge is 2.27. The SMILES string of the molecule is O=C(CC1CCN(C(=O)c2ccc3oc(-c4ccccc4)nc3c2)CC1)N1CCCCC1. The molecular weight excluding hydrogens is 402 g/mol. The molecule has 6 heteroatoms. The Morgan fingerprint density at radius 3 is 2.41 bits per heavy atom. The number of piperidine rings is 2. The van der Waals surface area contributed by atoms with Crippen molar-refractivity contribution in [3.63, 3.8) is 0 Å². The summed E-state index contributed by atoms with van der Waals surface area (Å²) in [6.45, 7) is 3.21. The molecule has 0 bridgehead atoms. The Labute approximate surface area is 188 Å². The second kappa shape index (κ2) is 9.15. The molecule has 0 N–H and O–H groups in total. The fraction of sp³-hybridized carbons (Fsp3) is 0.423. The Hall–Kier alpha value is -3.15. The first-order valence-electron chi connectivity index (χ1n) is 11.7. The molecule has 0 atom stereocenters. The maximum atomic E-state index is 13.1. The lowest BCUT2D eigenvalue weighted by atomic mass is 9.92. The summed E-state index contributed by atoms with van der Waals surface area (Å²) in [5.74, 6) is 1.25. The van der Waals surface area contributed by atoms with Crippen molar-refractivity contribution in [2.24, 2.45) is 5.92 Å². The van der Waals surface area contributed by atoms with E-state index in [0.717, 1.165) is 44.3 Å². The van der Waals surface area contributed by atoms with Crippen LogP contribution in [0.5, 0.6) is 0 Å². The van der Waals surface area contributed by atoms with Crippen molar-refractivity contribution in [3.05, 3.63) is 54.1 Å². The number of likely N-dealkylation sites (tertiary alicyclic amines) is 2. The average Bonchev–Trinajstić information content (AvgIpc) is 3.29. The number of oxazole rings is 1. The van der Waals surface area contributed by atoms with E-state index in [9.17, 15) is 9.59 Å². The summed E-state index contributed by atoms with van der Waals surface area (Å²) in [6, 6.07) is 15.2. The first-order chi connectivity index (χ1) is 15.7. The molecule has 3 aromatic rings. The number of rotatable bonds is 4. The molecule has 2 amide bonds. The van der Waals surface area contributed by atoms with E-state index >= 15 is 0 Å². The van der Waals surface area contributed by atoms with Gasteiger partial charge in [-0.05, 0) is 68.4 Å². The normalized spacial score (nSPS) is 17.6. The molecule has 0 saturated carbocycles. The molecular formula is C26H29N3O3. The lowest BCUT2D eigenvalue weighted by molar-refractivity contribution is -0.133. The first-order valence-corrected chi connectivity index (χ1v) is 11.7. The third-order valence-electron chi connectivity index (χ3n) is 6.73. The zero-order valence-corrected chi connectivity index (χ0v) is 18.3. The van der Waals surface area contributed by atoms with E-state index in [-0.39, 0.29) is 5.91 Å². The van der Waals surface area contributed by atoms with Crippen LogP contribution in [-0.2, 0) is 4.79 Å². The van der Waals surface area contributed by atoms with Gasteiger partial charge in [0.25, 0.3) is 5.91 Å². The van der Waals surface area contributed by atoms with Crippen LogP contribution in [0.3, 0.4) is 0 Å². The van der Waals surface area contributed by atoms with Crippen molar-refractivity contribution in [1.29, 1.82) is 0 Å². The molecule has 0 aliphatic carbocycles. The van der Waals surface area contributed by atoms with Crippen molar-refractivity contribution in [1.82, 2.24) is 14.8 Å². The Bertz CT molecular complexity index is 1090. The summed E-state index contributed by atoms with van der Waals surface area (Å²) in [5.41, 5.74) is 2.91. The van der Waals surface area contributed by atoms with E-state index in [4.69, 9.17) is 4.42 Å². The largest absolute Gasteiger partial charge is 0.436 e. The summed E-state index contributed by atoms with van der Waals surface area (Å²) < 4.78 is 5.86. The highest BCUT2D eigenvalue weighted by atomic mass is 16.3. The van der Waals surface area contributed by atoms with Gasteiger partial charge < -0.3 is 14.2 Å². The first kappa shape index (κ1) is 20.7. The topological polar surface area (TPSA) is 66.7 Å². The Morgan fingerprint density at radius 1 is 0.906 bits per heavy atom. The van der Waals surface area contributed by atoms with Gasteiger partial charge in [0.1, 0.15) is 5.52 Å². The molecule has 2 saturated heterocycles. The lowest BCUT2D eigenvalue weighted by Gasteiger charge is -2.33. The maximum absolute atomic E-state index is 13.1. The predicted molar refractivity (Wildman–Crippen MR) is 123 cm³/mol. The average molecular weight is 432 g/mol. The zero-order valence-electron chi connectivity index (χ0n) is 18.3. The number of hydrogen-bond donors (Lipinski definition) is 0. The van der Waals surface area contributed by atoms with Crippen LogP contribution in [0.15, 0.2) is 52.9 Å². The van der Waals surface area contributed by atoms with Gasteiger partial charge in [0.2, 0.25) is 11.8 Å². The molecule has 1 aromatic heterocycles. The van der Waals surface area contributed by atoms with Gasteiger partial charge in [-0.15, -0.1) is 0 Å². The van der Waals surface area contributed by atoms with E-state index in [1.165, 1.54) is 6.42 Å². The minimum absolute atomic E-state index is 0.0250. The molecule has 3 heterocycles. The van der Waals surface area contributed by atoms with Crippen LogP contribution in [0.25, 0.3) is 22.6 Å². The number of carbonyl (C=O) groups is 2. The van der Waals surface area contributed by atoms with E-state index in [1.54, 1.807) is 0 Å². The summed E-state index contributed by atoms with van der Waals surface area (Å²) in [4.78, 5) is 34.2. The standard InChI is InChI=1S/C26H29N3O3/c30-24(28-13-5-2-6-14-28)17-19-11-15-29(16-12-19)26(31)21-9-10-23-22(18-21)27-25(32-23)20-7-3-1-4-8-20/h1,3-4,7-10,18-19H,2,5-6,11-17H2. The number of carbonyl (C=O) groups excluding carboxylic acids is 2. The van der Waals surface area contributed by atoms with Crippen molar-refractivity contribution in [3.8, 4) is 11.5 Å². The summed E-state index contributed by atoms with van der Waals surface area (Å²) >= 11 is 0. The zero-order chi connectivity index (χ0) is 21.9. The second-order valence-electron chi connectivity index (χ2n) is 8.95. The van der Waals surface area contributed by atoms with Crippen LogP contribution in [0.4, 0.5) is 0 Å². The molecule has 5 rings (SSSR count). The van der Waals surface area contributed by atoms with E-state index in [2.05, 4.69) is 4.98 Å². The predicted octanol–water partition coefficient (Wildman–Crippen LogP) is 4.75. The van der Waals surface area contributed by atoms with Crippen LogP contribution in [0.1, 0.15) is 48.9 Å². The Kier molecular flexibility index (Phi) is 5.93. The Balaban J connectivity index is 1.21. The second-order valence-corrected chi connectivity index (χ2v) is 8.95. The highest BCUT2D eigenvalue weighted by Crippen LogP contribution is 2.27. The van der Waals surface area contributed by atoms with E-state index in [0.29, 0.717) is 53.9 Å². The molecule has 2 fully saturated rings. The third-order valence-corrected chi connectivity index (χ3v) is 6.73. The fourth-order valence-electron chi connectivity index (χ4n) is 4.81.